The van der Waals surface area contributed by atoms with Crippen molar-refractivity contribution in [3.8, 4) is 5.69 Å². The Hall–Kier alpha value is -2.37. The van der Waals surface area contributed by atoms with Crippen molar-refractivity contribution < 1.29 is 4.39 Å². The first-order valence-corrected chi connectivity index (χ1v) is 6.99. The molecule has 0 amide bonds. The van der Waals surface area contributed by atoms with Crippen LogP contribution < -0.4 is 5.73 Å². The van der Waals surface area contributed by atoms with Crippen LogP contribution in [0.5, 0.6) is 0 Å². The number of hydrogen-bond acceptors (Lipinski definition) is 3. The highest BCUT2D eigenvalue weighted by atomic mass is 19.1. The lowest BCUT2D eigenvalue weighted by molar-refractivity contribution is 0.626. The molecule has 0 spiro atoms. The quantitative estimate of drug-likeness (QED) is 0.805. The van der Waals surface area contributed by atoms with Gasteiger partial charge in [0.1, 0.15) is 11.3 Å². The number of hydrogen-bond donors (Lipinski definition) is 1. The van der Waals surface area contributed by atoms with E-state index in [4.69, 9.17) is 5.73 Å². The molecule has 2 N–H and O–H groups in total. The zero-order valence-electron chi connectivity index (χ0n) is 12.4. The number of benzene rings is 1. The summed E-state index contributed by atoms with van der Waals surface area (Å²) in [5, 5.41) is 4.50. The number of halogens is 1. The molecule has 3 aromatic rings. The summed E-state index contributed by atoms with van der Waals surface area (Å²) in [5.74, 6) is 0.0526. The summed E-state index contributed by atoms with van der Waals surface area (Å²) >= 11 is 0. The first-order valence-electron chi connectivity index (χ1n) is 6.99. The van der Waals surface area contributed by atoms with Crippen LogP contribution in [0.15, 0.2) is 18.2 Å². The molecule has 0 saturated carbocycles. The maximum absolute atomic E-state index is 13.6. The highest BCUT2D eigenvalue weighted by Crippen LogP contribution is 2.27. The molecule has 3 rings (SSSR count). The lowest BCUT2D eigenvalue weighted by atomic mass is 10.2. The molecule has 0 atom stereocenters. The minimum absolute atomic E-state index is 0.298. The summed E-state index contributed by atoms with van der Waals surface area (Å²) in [6.45, 7) is 4.01. The fourth-order valence-electron chi connectivity index (χ4n) is 2.66. The van der Waals surface area contributed by atoms with Gasteiger partial charge >= 0.3 is 0 Å². The maximum atomic E-state index is 13.6. The number of aromatic nitrogens is 4. The molecule has 0 aliphatic carbocycles. The molecule has 0 radical (unpaired) electrons. The molecule has 0 aliphatic heterocycles. The number of rotatable bonds is 3. The fraction of sp³-hybridized carbons (Fsp3) is 0.333. The van der Waals surface area contributed by atoms with Gasteiger partial charge < -0.3 is 5.73 Å². The Morgan fingerprint density at radius 3 is 2.81 bits per heavy atom. The summed E-state index contributed by atoms with van der Waals surface area (Å²) in [5.41, 5.74) is 10.2. The van der Waals surface area contributed by atoms with Crippen LogP contribution in [0.3, 0.4) is 0 Å². The van der Waals surface area contributed by atoms with Crippen molar-refractivity contribution in [3.05, 3.63) is 35.3 Å². The van der Waals surface area contributed by atoms with Crippen molar-refractivity contribution in [2.24, 2.45) is 7.05 Å². The van der Waals surface area contributed by atoms with E-state index in [0.717, 1.165) is 35.3 Å². The zero-order valence-corrected chi connectivity index (χ0v) is 12.4. The first-order chi connectivity index (χ1) is 10.0. The van der Waals surface area contributed by atoms with Crippen LogP contribution in [-0.4, -0.2) is 19.3 Å². The molecule has 1 aromatic carbocycles. The Bertz CT molecular complexity index is 815. The maximum Gasteiger partial charge on any atom is 0.207 e. The zero-order chi connectivity index (χ0) is 15.1. The van der Waals surface area contributed by atoms with E-state index in [1.165, 1.54) is 12.1 Å². The Labute approximate surface area is 122 Å². The van der Waals surface area contributed by atoms with Gasteiger partial charge in [-0.25, -0.2) is 14.1 Å². The van der Waals surface area contributed by atoms with Crippen LogP contribution in [0.1, 0.15) is 24.6 Å². The number of nitrogens with two attached hydrogens (primary N) is 1. The number of anilines is 1. The van der Waals surface area contributed by atoms with Crippen molar-refractivity contribution in [1.29, 1.82) is 0 Å². The smallest absolute Gasteiger partial charge is 0.207 e. The highest BCUT2D eigenvalue weighted by Gasteiger charge is 2.19. The van der Waals surface area contributed by atoms with Gasteiger partial charge in [-0.05, 0) is 31.0 Å². The third-order valence-corrected chi connectivity index (χ3v) is 3.63. The van der Waals surface area contributed by atoms with Gasteiger partial charge in [-0.15, -0.1) is 0 Å². The van der Waals surface area contributed by atoms with Gasteiger partial charge in [0, 0.05) is 7.05 Å². The minimum atomic E-state index is -0.298. The number of fused-ring (bicyclic) bond motifs is 1. The average Bonchev–Trinajstić information content (AvgIpc) is 2.91. The van der Waals surface area contributed by atoms with Gasteiger partial charge in [0.25, 0.3) is 0 Å². The van der Waals surface area contributed by atoms with Crippen molar-refractivity contribution in [1.82, 2.24) is 19.3 Å². The molecule has 2 aromatic heterocycles. The predicted octanol–water partition coefficient (Wildman–Crippen LogP) is 2.74. The molecular weight excluding hydrogens is 269 g/mol. The second kappa shape index (κ2) is 4.87. The fourth-order valence-corrected chi connectivity index (χ4v) is 2.66. The van der Waals surface area contributed by atoms with E-state index in [-0.39, 0.29) is 5.82 Å². The average molecular weight is 287 g/mol. The Kier molecular flexibility index (Phi) is 3.16. The monoisotopic (exact) mass is 287 g/mol. The molecule has 0 saturated heterocycles. The summed E-state index contributed by atoms with van der Waals surface area (Å²) in [6.07, 6.45) is 1.83. The third-order valence-electron chi connectivity index (χ3n) is 3.63. The van der Waals surface area contributed by atoms with E-state index in [9.17, 15) is 4.39 Å². The van der Waals surface area contributed by atoms with Crippen LogP contribution in [-0.2, 0) is 13.5 Å². The summed E-state index contributed by atoms with van der Waals surface area (Å²) in [4.78, 5) is 4.43. The van der Waals surface area contributed by atoms with E-state index in [1.54, 1.807) is 15.3 Å². The van der Waals surface area contributed by atoms with E-state index in [1.807, 2.05) is 14.0 Å². The third kappa shape index (κ3) is 2.07. The lowest BCUT2D eigenvalue weighted by Gasteiger charge is -2.10. The molecule has 2 heterocycles. The Morgan fingerprint density at radius 1 is 1.33 bits per heavy atom. The van der Waals surface area contributed by atoms with Gasteiger partial charge in [-0.3, -0.25) is 4.57 Å². The second-order valence-electron chi connectivity index (χ2n) is 5.23. The van der Waals surface area contributed by atoms with E-state index >= 15 is 0 Å². The van der Waals surface area contributed by atoms with Crippen molar-refractivity contribution >= 4 is 17.1 Å². The molecular formula is C15H18FN5. The highest BCUT2D eigenvalue weighted by molar-refractivity contribution is 5.80. The van der Waals surface area contributed by atoms with Gasteiger partial charge in [0.2, 0.25) is 5.95 Å². The van der Waals surface area contributed by atoms with Gasteiger partial charge in [0.05, 0.1) is 11.4 Å². The molecule has 0 bridgehead atoms. The molecule has 0 fully saturated rings. The first kappa shape index (κ1) is 13.6. The number of aryl methyl sites for hydroxylation is 3. The summed E-state index contributed by atoms with van der Waals surface area (Å²) < 4.78 is 17.1. The van der Waals surface area contributed by atoms with Crippen LogP contribution >= 0.6 is 0 Å². The molecule has 5 nitrogen and oxygen atoms in total. The van der Waals surface area contributed by atoms with E-state index in [2.05, 4.69) is 17.0 Å². The lowest BCUT2D eigenvalue weighted by Crippen LogP contribution is -2.06. The van der Waals surface area contributed by atoms with Crippen LogP contribution in [0, 0.1) is 12.7 Å². The van der Waals surface area contributed by atoms with Gasteiger partial charge in [-0.2, -0.15) is 5.10 Å². The Balaban J connectivity index is 2.32. The van der Waals surface area contributed by atoms with Gasteiger partial charge in [-0.1, -0.05) is 19.4 Å². The van der Waals surface area contributed by atoms with Crippen LogP contribution in [0.25, 0.3) is 16.9 Å². The molecule has 21 heavy (non-hydrogen) atoms. The topological polar surface area (TPSA) is 61.7 Å². The normalized spacial score (nSPS) is 11.4. The summed E-state index contributed by atoms with van der Waals surface area (Å²) in [7, 11) is 1.85. The van der Waals surface area contributed by atoms with E-state index in [0.29, 0.717) is 11.6 Å². The van der Waals surface area contributed by atoms with Gasteiger partial charge in [0.15, 0.2) is 5.65 Å². The number of nitrogen functional groups attached to an aromatic ring is 1. The molecule has 0 unspecified atom stereocenters. The van der Waals surface area contributed by atoms with Crippen LogP contribution in [0.4, 0.5) is 10.3 Å². The number of nitrogens with zero attached hydrogens (tertiary/aromatic N) is 4. The molecule has 6 heteroatoms. The van der Waals surface area contributed by atoms with Crippen LogP contribution in [0.2, 0.25) is 0 Å². The largest absolute Gasteiger partial charge is 0.369 e. The molecule has 110 valence electrons. The molecule has 0 aliphatic rings. The van der Waals surface area contributed by atoms with Crippen molar-refractivity contribution in [2.45, 2.75) is 26.7 Å². The standard InChI is InChI=1S/C15H18FN5/c1-4-5-11-13-14(20(3)19-11)21(15(17)18-13)12-8-10(16)7-6-9(12)2/h6-8H,4-5H2,1-3H3,(H2,17,18). The Morgan fingerprint density at radius 2 is 2.10 bits per heavy atom. The second-order valence-corrected chi connectivity index (χ2v) is 5.23. The predicted molar refractivity (Wildman–Crippen MR) is 80.9 cm³/mol. The van der Waals surface area contributed by atoms with Crippen molar-refractivity contribution in [2.75, 3.05) is 5.73 Å². The van der Waals surface area contributed by atoms with E-state index < -0.39 is 0 Å². The van der Waals surface area contributed by atoms with Crippen molar-refractivity contribution in [3.63, 3.8) is 0 Å². The summed E-state index contributed by atoms with van der Waals surface area (Å²) in [6, 6.07) is 4.65. The minimum Gasteiger partial charge on any atom is -0.369 e. The number of imidazole rings is 1. The SMILES string of the molecule is CCCc1nn(C)c2c1nc(N)n2-c1cc(F)ccc1C.